The lowest BCUT2D eigenvalue weighted by molar-refractivity contribution is -0.139. The second kappa shape index (κ2) is 12.9. The SMILES string of the molecule is CCCCC(CC)C(OC)OC.CN. The highest BCUT2D eigenvalue weighted by molar-refractivity contribution is 4.60. The number of ether oxygens (including phenoxy) is 2. The lowest BCUT2D eigenvalue weighted by Crippen LogP contribution is -2.24. The van der Waals surface area contributed by atoms with Crippen LogP contribution in [0.2, 0.25) is 0 Å². The van der Waals surface area contributed by atoms with E-state index in [0.29, 0.717) is 5.92 Å². The van der Waals surface area contributed by atoms with Gasteiger partial charge in [0.2, 0.25) is 0 Å². The van der Waals surface area contributed by atoms with Crippen LogP contribution in [-0.4, -0.2) is 27.6 Å². The fraction of sp³-hybridized carbons (Fsp3) is 1.00. The van der Waals surface area contributed by atoms with E-state index >= 15 is 0 Å². The first-order chi connectivity index (χ1) is 6.79. The molecule has 0 aliphatic carbocycles. The van der Waals surface area contributed by atoms with Gasteiger partial charge in [0.25, 0.3) is 0 Å². The maximum atomic E-state index is 5.23. The molecule has 0 spiro atoms. The molecule has 0 aliphatic rings. The molecule has 3 nitrogen and oxygen atoms in total. The molecule has 0 fully saturated rings. The fourth-order valence-corrected chi connectivity index (χ4v) is 1.48. The molecule has 0 aromatic rings. The molecular weight excluding hydrogens is 178 g/mol. The van der Waals surface area contributed by atoms with Gasteiger partial charge in [-0.25, -0.2) is 0 Å². The van der Waals surface area contributed by atoms with Crippen LogP contribution in [0.5, 0.6) is 0 Å². The van der Waals surface area contributed by atoms with Crippen molar-refractivity contribution in [3.8, 4) is 0 Å². The van der Waals surface area contributed by atoms with Crippen LogP contribution < -0.4 is 5.73 Å². The van der Waals surface area contributed by atoms with Crippen molar-refractivity contribution in [1.29, 1.82) is 0 Å². The minimum atomic E-state index is -0.0125. The van der Waals surface area contributed by atoms with Gasteiger partial charge in [0.05, 0.1) is 0 Å². The number of hydrogen-bond donors (Lipinski definition) is 1. The number of unbranched alkanes of at least 4 members (excludes halogenated alkanes) is 1. The van der Waals surface area contributed by atoms with Gasteiger partial charge in [0, 0.05) is 20.1 Å². The van der Waals surface area contributed by atoms with E-state index < -0.39 is 0 Å². The van der Waals surface area contributed by atoms with E-state index in [1.807, 2.05) is 0 Å². The molecule has 0 aromatic heterocycles. The smallest absolute Gasteiger partial charge is 0.159 e. The van der Waals surface area contributed by atoms with Gasteiger partial charge in [-0.1, -0.05) is 26.7 Å². The summed E-state index contributed by atoms with van der Waals surface area (Å²) in [6.07, 6.45) is 4.84. The summed E-state index contributed by atoms with van der Waals surface area (Å²) in [6.45, 7) is 4.40. The summed E-state index contributed by atoms with van der Waals surface area (Å²) in [7, 11) is 4.92. The highest BCUT2D eigenvalue weighted by atomic mass is 16.7. The predicted molar refractivity (Wildman–Crippen MR) is 61.2 cm³/mol. The Morgan fingerprint density at radius 3 is 1.86 bits per heavy atom. The molecule has 0 saturated carbocycles. The zero-order chi connectivity index (χ0) is 11.4. The average molecular weight is 205 g/mol. The third kappa shape index (κ3) is 7.30. The Morgan fingerprint density at radius 1 is 1.07 bits per heavy atom. The van der Waals surface area contributed by atoms with Gasteiger partial charge < -0.3 is 15.2 Å². The van der Waals surface area contributed by atoms with Gasteiger partial charge in [-0.2, -0.15) is 0 Å². The molecule has 0 heterocycles. The number of nitrogens with two attached hydrogens (primary N) is 1. The van der Waals surface area contributed by atoms with Crippen LogP contribution in [-0.2, 0) is 9.47 Å². The zero-order valence-electron chi connectivity index (χ0n) is 10.4. The molecule has 3 heteroatoms. The predicted octanol–water partition coefficient (Wildman–Crippen LogP) is 2.40. The Kier molecular flexibility index (Phi) is 15.0. The minimum absolute atomic E-state index is 0.0125. The van der Waals surface area contributed by atoms with Crippen molar-refractivity contribution in [2.45, 2.75) is 45.8 Å². The maximum absolute atomic E-state index is 5.23. The summed E-state index contributed by atoms with van der Waals surface area (Å²) >= 11 is 0. The Labute approximate surface area is 89.0 Å². The van der Waals surface area contributed by atoms with Crippen LogP contribution in [0.1, 0.15) is 39.5 Å². The summed E-state index contributed by atoms with van der Waals surface area (Å²) in [5.41, 5.74) is 4.50. The zero-order valence-corrected chi connectivity index (χ0v) is 10.4. The van der Waals surface area contributed by atoms with Gasteiger partial charge >= 0.3 is 0 Å². The van der Waals surface area contributed by atoms with E-state index in [2.05, 4.69) is 19.6 Å². The monoisotopic (exact) mass is 205 g/mol. The Morgan fingerprint density at radius 2 is 1.57 bits per heavy atom. The van der Waals surface area contributed by atoms with Crippen LogP contribution in [0, 0.1) is 5.92 Å². The highest BCUT2D eigenvalue weighted by Gasteiger charge is 2.17. The summed E-state index contributed by atoms with van der Waals surface area (Å²) in [6, 6.07) is 0. The van der Waals surface area contributed by atoms with Crippen molar-refractivity contribution < 1.29 is 9.47 Å². The fourth-order valence-electron chi connectivity index (χ4n) is 1.48. The second-order valence-electron chi connectivity index (χ2n) is 3.15. The molecule has 88 valence electrons. The summed E-state index contributed by atoms with van der Waals surface area (Å²) in [4.78, 5) is 0. The molecular formula is C11H27NO2. The summed E-state index contributed by atoms with van der Waals surface area (Å²) in [5.74, 6) is 0.556. The van der Waals surface area contributed by atoms with Crippen molar-refractivity contribution in [2.24, 2.45) is 11.7 Å². The standard InChI is InChI=1S/C10H22O2.CH5N/c1-5-7-8-9(6-2)10(11-3)12-4;1-2/h9-10H,5-8H2,1-4H3;2H2,1H3. The van der Waals surface area contributed by atoms with Crippen LogP contribution in [0.4, 0.5) is 0 Å². The van der Waals surface area contributed by atoms with E-state index in [4.69, 9.17) is 9.47 Å². The first-order valence-electron chi connectivity index (χ1n) is 5.43. The molecule has 1 unspecified atom stereocenters. The van der Waals surface area contributed by atoms with E-state index in [9.17, 15) is 0 Å². The van der Waals surface area contributed by atoms with E-state index in [1.165, 1.54) is 26.3 Å². The average Bonchev–Trinajstić information content (AvgIpc) is 2.27. The molecule has 0 amide bonds. The van der Waals surface area contributed by atoms with Crippen molar-refractivity contribution in [1.82, 2.24) is 0 Å². The Hall–Kier alpha value is -0.120. The number of hydrogen-bond acceptors (Lipinski definition) is 3. The largest absolute Gasteiger partial charge is 0.356 e. The third-order valence-corrected chi connectivity index (χ3v) is 2.30. The number of rotatable bonds is 7. The molecule has 1 atom stereocenters. The second-order valence-corrected chi connectivity index (χ2v) is 3.15. The summed E-state index contributed by atoms with van der Waals surface area (Å²) in [5, 5.41) is 0. The molecule has 0 aliphatic heterocycles. The van der Waals surface area contributed by atoms with Crippen LogP contribution >= 0.6 is 0 Å². The van der Waals surface area contributed by atoms with Crippen molar-refractivity contribution in [2.75, 3.05) is 21.3 Å². The molecule has 0 rings (SSSR count). The van der Waals surface area contributed by atoms with Gasteiger partial charge in [0.15, 0.2) is 6.29 Å². The quantitative estimate of drug-likeness (QED) is 0.649. The van der Waals surface area contributed by atoms with Gasteiger partial charge in [-0.3, -0.25) is 0 Å². The Balaban J connectivity index is 0. The molecule has 0 saturated heterocycles. The van der Waals surface area contributed by atoms with E-state index in [-0.39, 0.29) is 6.29 Å². The lowest BCUT2D eigenvalue weighted by Gasteiger charge is -2.23. The molecule has 0 aromatic carbocycles. The molecule has 0 bridgehead atoms. The normalized spacial score (nSPS) is 12.2. The van der Waals surface area contributed by atoms with Crippen LogP contribution in [0.15, 0.2) is 0 Å². The van der Waals surface area contributed by atoms with Crippen LogP contribution in [0.3, 0.4) is 0 Å². The van der Waals surface area contributed by atoms with Crippen molar-refractivity contribution in [3.63, 3.8) is 0 Å². The van der Waals surface area contributed by atoms with Gasteiger partial charge in [-0.05, 0) is 19.9 Å². The maximum Gasteiger partial charge on any atom is 0.159 e. The van der Waals surface area contributed by atoms with Crippen LogP contribution in [0.25, 0.3) is 0 Å². The third-order valence-electron chi connectivity index (χ3n) is 2.30. The Bertz CT molecular complexity index is 95.3. The summed E-state index contributed by atoms with van der Waals surface area (Å²) < 4.78 is 10.5. The molecule has 14 heavy (non-hydrogen) atoms. The van der Waals surface area contributed by atoms with Crippen molar-refractivity contribution in [3.05, 3.63) is 0 Å². The van der Waals surface area contributed by atoms with E-state index in [1.54, 1.807) is 14.2 Å². The van der Waals surface area contributed by atoms with Gasteiger partial charge in [-0.15, -0.1) is 0 Å². The van der Waals surface area contributed by atoms with Gasteiger partial charge in [0.1, 0.15) is 0 Å². The topological polar surface area (TPSA) is 44.5 Å². The first kappa shape index (κ1) is 16.3. The first-order valence-corrected chi connectivity index (χ1v) is 5.43. The minimum Gasteiger partial charge on any atom is -0.356 e. The molecule has 2 N–H and O–H groups in total. The van der Waals surface area contributed by atoms with Crippen molar-refractivity contribution >= 4 is 0 Å². The number of methoxy groups -OCH3 is 2. The highest BCUT2D eigenvalue weighted by Crippen LogP contribution is 2.19. The van der Waals surface area contributed by atoms with E-state index in [0.717, 1.165) is 6.42 Å². The molecule has 0 radical (unpaired) electrons. The lowest BCUT2D eigenvalue weighted by atomic mass is 9.99.